The number of nitrogens with one attached hydrogen (secondary N) is 1. The molecule has 6 nitrogen and oxygen atoms in total. The third kappa shape index (κ3) is 2.94. The Morgan fingerprint density at radius 2 is 2.22 bits per heavy atom. The number of hydrogen-bond acceptors (Lipinski definition) is 5. The van der Waals surface area contributed by atoms with E-state index in [1.54, 1.807) is 31.3 Å². The molecule has 0 radical (unpaired) electrons. The third-order valence-electron chi connectivity index (χ3n) is 3.62. The molecule has 1 aliphatic heterocycles. The van der Waals surface area contributed by atoms with Crippen molar-refractivity contribution >= 4 is 11.7 Å². The zero-order valence-corrected chi connectivity index (χ0v) is 12.6. The van der Waals surface area contributed by atoms with Crippen LogP contribution in [0.1, 0.15) is 46.6 Å². The molecule has 1 atom stereocenters. The van der Waals surface area contributed by atoms with Crippen LogP contribution in [0.25, 0.3) is 0 Å². The summed E-state index contributed by atoms with van der Waals surface area (Å²) in [5.41, 5.74) is 3.42. The molecule has 116 valence electrons. The van der Waals surface area contributed by atoms with E-state index < -0.39 is 5.97 Å². The lowest BCUT2D eigenvalue weighted by Gasteiger charge is -2.09. The molecule has 6 heteroatoms. The Labute approximate surface area is 133 Å². The molecule has 23 heavy (non-hydrogen) atoms. The van der Waals surface area contributed by atoms with Gasteiger partial charge >= 0.3 is 5.97 Å². The number of nitrogens with zero attached hydrogens (tertiary/aromatic N) is 2. The van der Waals surface area contributed by atoms with Crippen LogP contribution >= 0.6 is 0 Å². The van der Waals surface area contributed by atoms with E-state index in [-0.39, 0.29) is 6.10 Å². The number of aromatic nitrogens is 1. The van der Waals surface area contributed by atoms with E-state index in [2.05, 4.69) is 16.2 Å². The highest BCUT2D eigenvalue weighted by Crippen LogP contribution is 2.31. The van der Waals surface area contributed by atoms with Crippen LogP contribution in [0, 0.1) is 11.3 Å². The van der Waals surface area contributed by atoms with Gasteiger partial charge in [-0.15, -0.1) is 0 Å². The maximum atomic E-state index is 11.9. The first kappa shape index (κ1) is 14.9. The quantitative estimate of drug-likeness (QED) is 0.880. The van der Waals surface area contributed by atoms with Gasteiger partial charge in [0.15, 0.2) is 6.10 Å². The van der Waals surface area contributed by atoms with Crippen molar-refractivity contribution in [1.82, 2.24) is 4.98 Å². The van der Waals surface area contributed by atoms with E-state index in [9.17, 15) is 4.79 Å². The Bertz CT molecular complexity index is 784. The summed E-state index contributed by atoms with van der Waals surface area (Å²) >= 11 is 0. The lowest BCUT2D eigenvalue weighted by molar-refractivity contribution is 0.0500. The minimum absolute atomic E-state index is 0.315. The van der Waals surface area contributed by atoms with E-state index >= 15 is 0 Å². The molecule has 0 spiro atoms. The second-order valence-corrected chi connectivity index (χ2v) is 5.05. The maximum absolute atomic E-state index is 11.9. The van der Waals surface area contributed by atoms with Crippen molar-refractivity contribution in [2.45, 2.75) is 19.4 Å². The van der Waals surface area contributed by atoms with Crippen LogP contribution < -0.4 is 0 Å². The van der Waals surface area contributed by atoms with Gasteiger partial charge in [-0.05, 0) is 30.7 Å². The fourth-order valence-corrected chi connectivity index (χ4v) is 2.48. The molecule has 2 aromatic rings. The minimum Gasteiger partial charge on any atom is -0.461 e. The van der Waals surface area contributed by atoms with Crippen molar-refractivity contribution in [1.29, 1.82) is 5.26 Å². The molecule has 3 rings (SSSR count). The van der Waals surface area contributed by atoms with Gasteiger partial charge in [0, 0.05) is 18.2 Å². The number of esters is 1. The number of ether oxygens (including phenoxy) is 1. The highest BCUT2D eigenvalue weighted by atomic mass is 16.6. The molecule has 0 amide bonds. The highest BCUT2D eigenvalue weighted by Gasteiger charge is 2.29. The number of benzene rings is 1. The fraction of sp³-hybridized carbons (Fsp3) is 0.235. The number of carbonyl (C=O) groups is 1. The zero-order chi connectivity index (χ0) is 16.2. The van der Waals surface area contributed by atoms with E-state index in [1.165, 1.54) is 0 Å². The second-order valence-electron chi connectivity index (χ2n) is 5.05. The average Bonchev–Trinajstić information content (AvgIpc) is 3.24. The molecule has 0 fully saturated rings. The monoisotopic (exact) mass is 309 g/mol. The number of aromatic amines is 1. The third-order valence-corrected chi connectivity index (χ3v) is 3.62. The number of oxime groups is 1. The first-order valence-corrected chi connectivity index (χ1v) is 7.30. The van der Waals surface area contributed by atoms with Gasteiger partial charge in [0.05, 0.1) is 24.0 Å². The standard InChI is InChI=1S/C17H15N3O3/c1-2-22-17(21)16-13(7-8-19-16)15-9-14(20-23-15)12-5-3-11(10-18)4-6-12/h3-8,15,19H,2,9H2,1H3. The first-order valence-electron chi connectivity index (χ1n) is 7.30. The molecule has 1 N–H and O–H groups in total. The van der Waals surface area contributed by atoms with Gasteiger partial charge in [-0.2, -0.15) is 5.26 Å². The summed E-state index contributed by atoms with van der Waals surface area (Å²) in [6.45, 7) is 2.08. The summed E-state index contributed by atoms with van der Waals surface area (Å²) in [5, 5.41) is 12.9. The van der Waals surface area contributed by atoms with Crippen molar-refractivity contribution in [2.75, 3.05) is 6.61 Å². The van der Waals surface area contributed by atoms with Gasteiger partial charge in [0.25, 0.3) is 0 Å². The van der Waals surface area contributed by atoms with Crippen molar-refractivity contribution in [3.8, 4) is 6.07 Å². The summed E-state index contributed by atoms with van der Waals surface area (Å²) in [6.07, 6.45) is 1.91. The van der Waals surface area contributed by atoms with Crippen LogP contribution in [0.2, 0.25) is 0 Å². The number of H-pyrrole nitrogens is 1. The predicted molar refractivity (Wildman–Crippen MR) is 82.9 cm³/mol. The van der Waals surface area contributed by atoms with Gasteiger partial charge in [0.2, 0.25) is 0 Å². The molecule has 1 aromatic heterocycles. The van der Waals surface area contributed by atoms with Gasteiger partial charge in [0.1, 0.15) is 5.69 Å². The van der Waals surface area contributed by atoms with E-state index in [4.69, 9.17) is 14.8 Å². The number of nitriles is 1. The molecule has 1 aliphatic rings. The molecule has 0 saturated carbocycles. The van der Waals surface area contributed by atoms with Crippen LogP contribution in [0.4, 0.5) is 0 Å². The Balaban J connectivity index is 1.75. The Morgan fingerprint density at radius 3 is 2.91 bits per heavy atom. The van der Waals surface area contributed by atoms with Crippen LogP contribution in [0.5, 0.6) is 0 Å². The molecule has 0 aliphatic carbocycles. The van der Waals surface area contributed by atoms with Crippen molar-refractivity contribution in [3.63, 3.8) is 0 Å². The van der Waals surface area contributed by atoms with Gasteiger partial charge < -0.3 is 14.6 Å². The molecule has 1 unspecified atom stereocenters. The predicted octanol–water partition coefficient (Wildman–Crippen LogP) is 2.93. The topological polar surface area (TPSA) is 87.5 Å². The normalized spacial score (nSPS) is 16.3. The molecular weight excluding hydrogens is 294 g/mol. The Morgan fingerprint density at radius 1 is 1.43 bits per heavy atom. The Hall–Kier alpha value is -3.07. The second kappa shape index (κ2) is 6.36. The molecular formula is C17H15N3O3. The first-order chi connectivity index (χ1) is 11.2. The zero-order valence-electron chi connectivity index (χ0n) is 12.6. The largest absolute Gasteiger partial charge is 0.461 e. The van der Waals surface area contributed by atoms with Crippen LogP contribution in [0.15, 0.2) is 41.7 Å². The summed E-state index contributed by atoms with van der Waals surface area (Å²) in [7, 11) is 0. The van der Waals surface area contributed by atoms with Crippen LogP contribution in [-0.4, -0.2) is 23.3 Å². The summed E-state index contributed by atoms with van der Waals surface area (Å²) < 4.78 is 5.03. The van der Waals surface area contributed by atoms with Crippen molar-refractivity contribution in [2.24, 2.45) is 5.16 Å². The Kier molecular flexibility index (Phi) is 4.11. The molecule has 0 saturated heterocycles. The number of rotatable bonds is 4. The van der Waals surface area contributed by atoms with Crippen LogP contribution in [-0.2, 0) is 9.57 Å². The summed E-state index contributed by atoms with van der Waals surface area (Å²) in [6, 6.07) is 11.0. The van der Waals surface area contributed by atoms with E-state index in [0.717, 1.165) is 16.8 Å². The summed E-state index contributed by atoms with van der Waals surface area (Å²) in [5.74, 6) is -0.400. The van der Waals surface area contributed by atoms with Gasteiger partial charge in [-0.1, -0.05) is 17.3 Å². The minimum atomic E-state index is -0.400. The van der Waals surface area contributed by atoms with Crippen molar-refractivity contribution < 1.29 is 14.4 Å². The highest BCUT2D eigenvalue weighted by molar-refractivity contribution is 6.01. The van der Waals surface area contributed by atoms with E-state index in [0.29, 0.717) is 24.3 Å². The lowest BCUT2D eigenvalue weighted by Crippen LogP contribution is -2.10. The van der Waals surface area contributed by atoms with Crippen molar-refractivity contribution in [3.05, 3.63) is 58.9 Å². The maximum Gasteiger partial charge on any atom is 0.355 e. The SMILES string of the molecule is CCOC(=O)c1[nH]ccc1C1CC(c2ccc(C#N)cc2)=NO1. The van der Waals surface area contributed by atoms with Gasteiger partial charge in [-0.3, -0.25) is 0 Å². The smallest absolute Gasteiger partial charge is 0.355 e. The van der Waals surface area contributed by atoms with Gasteiger partial charge in [-0.25, -0.2) is 4.79 Å². The molecule has 1 aromatic carbocycles. The molecule has 0 bridgehead atoms. The molecule has 2 heterocycles. The lowest BCUT2D eigenvalue weighted by atomic mass is 10.00. The summed E-state index contributed by atoms with van der Waals surface area (Å²) in [4.78, 5) is 20.3. The number of hydrogen-bond donors (Lipinski definition) is 1. The average molecular weight is 309 g/mol. The van der Waals surface area contributed by atoms with Crippen LogP contribution in [0.3, 0.4) is 0 Å². The fourth-order valence-electron chi connectivity index (χ4n) is 2.48. The number of carbonyl (C=O) groups excluding carboxylic acids is 1. The van der Waals surface area contributed by atoms with E-state index in [1.807, 2.05) is 12.1 Å².